The number of hydrogen-bond donors (Lipinski definition) is 1. The van der Waals surface area contributed by atoms with Crippen molar-refractivity contribution < 1.29 is 0 Å². The fraction of sp³-hybridized carbons (Fsp3) is 0.571. The standard InChI is InChI=1S/C14H23N/c1-5-12-6-7-13(14(2,3)4)9-11-15-10-8-12/h6-10,12,15H,5,11H2,1-4H3/b7-6?,10-8-,13-9+. The molecule has 0 saturated carbocycles. The van der Waals surface area contributed by atoms with Gasteiger partial charge in [-0.1, -0.05) is 52.0 Å². The molecule has 1 aliphatic rings. The van der Waals surface area contributed by atoms with E-state index < -0.39 is 0 Å². The molecule has 0 aromatic heterocycles. The Bertz CT molecular complexity index is 276. The van der Waals surface area contributed by atoms with Gasteiger partial charge in [0.1, 0.15) is 0 Å². The van der Waals surface area contributed by atoms with Crippen molar-refractivity contribution in [1.29, 1.82) is 0 Å². The highest BCUT2D eigenvalue weighted by Crippen LogP contribution is 2.27. The number of nitrogens with one attached hydrogen (secondary N) is 1. The maximum Gasteiger partial charge on any atom is 0.0331 e. The first-order chi connectivity index (χ1) is 7.04. The molecule has 0 aromatic carbocycles. The summed E-state index contributed by atoms with van der Waals surface area (Å²) in [6.07, 6.45) is 12.3. The molecule has 0 fully saturated rings. The Morgan fingerprint density at radius 3 is 2.67 bits per heavy atom. The van der Waals surface area contributed by atoms with Crippen molar-refractivity contribution in [3.05, 3.63) is 36.1 Å². The number of allylic oxidation sites excluding steroid dienone is 4. The molecule has 1 N–H and O–H groups in total. The third-order valence-corrected chi connectivity index (χ3v) is 2.76. The Labute approximate surface area is 94.0 Å². The molecule has 0 amide bonds. The van der Waals surface area contributed by atoms with Crippen LogP contribution in [0.4, 0.5) is 0 Å². The van der Waals surface area contributed by atoms with Crippen LogP contribution in [0, 0.1) is 11.3 Å². The van der Waals surface area contributed by atoms with Crippen LogP contribution in [0.1, 0.15) is 34.1 Å². The molecule has 0 radical (unpaired) electrons. The van der Waals surface area contributed by atoms with Gasteiger partial charge in [0.05, 0.1) is 0 Å². The van der Waals surface area contributed by atoms with Crippen molar-refractivity contribution in [3.8, 4) is 0 Å². The molecule has 1 unspecified atom stereocenters. The smallest absolute Gasteiger partial charge is 0.0331 e. The summed E-state index contributed by atoms with van der Waals surface area (Å²) in [6, 6.07) is 0. The Balaban J connectivity index is 2.86. The molecule has 0 aliphatic carbocycles. The van der Waals surface area contributed by atoms with Crippen LogP contribution < -0.4 is 5.32 Å². The molecule has 0 bridgehead atoms. The molecule has 1 heterocycles. The van der Waals surface area contributed by atoms with Crippen LogP contribution in [0.5, 0.6) is 0 Å². The zero-order valence-electron chi connectivity index (χ0n) is 10.4. The Hall–Kier alpha value is -0.980. The minimum atomic E-state index is 0.237. The molecule has 15 heavy (non-hydrogen) atoms. The van der Waals surface area contributed by atoms with Crippen LogP contribution in [-0.2, 0) is 0 Å². The van der Waals surface area contributed by atoms with E-state index in [9.17, 15) is 0 Å². The summed E-state index contributed by atoms with van der Waals surface area (Å²) in [5, 5.41) is 3.30. The number of rotatable bonds is 1. The van der Waals surface area contributed by atoms with E-state index in [1.54, 1.807) is 0 Å². The van der Waals surface area contributed by atoms with Crippen molar-refractivity contribution in [2.75, 3.05) is 6.54 Å². The summed E-state index contributed by atoms with van der Waals surface area (Å²) in [5.74, 6) is 0.557. The maximum absolute atomic E-state index is 3.30. The van der Waals surface area contributed by atoms with Crippen molar-refractivity contribution in [3.63, 3.8) is 0 Å². The SMILES string of the molecule is CCC1C=C/C(C(C)(C)C)=C\CN/C=C\1. The van der Waals surface area contributed by atoms with Crippen molar-refractivity contribution in [1.82, 2.24) is 5.32 Å². The van der Waals surface area contributed by atoms with E-state index >= 15 is 0 Å². The van der Waals surface area contributed by atoms with E-state index in [0.717, 1.165) is 13.0 Å². The predicted molar refractivity (Wildman–Crippen MR) is 67.6 cm³/mol. The maximum atomic E-state index is 3.30. The van der Waals surface area contributed by atoms with Gasteiger partial charge in [-0.2, -0.15) is 0 Å². The molecule has 0 saturated heterocycles. The summed E-state index contributed by atoms with van der Waals surface area (Å²) in [5.41, 5.74) is 1.65. The van der Waals surface area contributed by atoms with Gasteiger partial charge in [-0.25, -0.2) is 0 Å². The van der Waals surface area contributed by atoms with E-state index in [-0.39, 0.29) is 5.41 Å². The van der Waals surface area contributed by atoms with Crippen LogP contribution in [0.2, 0.25) is 0 Å². The second-order valence-corrected chi connectivity index (χ2v) is 5.11. The summed E-state index contributed by atoms with van der Waals surface area (Å²) >= 11 is 0. The first-order valence-electron chi connectivity index (χ1n) is 5.83. The van der Waals surface area contributed by atoms with Gasteiger partial charge in [0, 0.05) is 6.54 Å². The summed E-state index contributed by atoms with van der Waals surface area (Å²) < 4.78 is 0. The Morgan fingerprint density at radius 2 is 2.07 bits per heavy atom. The molecular formula is C14H23N. The molecule has 0 spiro atoms. The van der Waals surface area contributed by atoms with Gasteiger partial charge in [-0.05, 0) is 29.5 Å². The van der Waals surface area contributed by atoms with Crippen LogP contribution in [0.25, 0.3) is 0 Å². The lowest BCUT2D eigenvalue weighted by Gasteiger charge is -2.20. The molecule has 1 atom stereocenters. The average Bonchev–Trinajstić information content (AvgIpc) is 2.27. The minimum absolute atomic E-state index is 0.237. The van der Waals surface area contributed by atoms with Gasteiger partial charge in [-0.15, -0.1) is 0 Å². The molecule has 1 heteroatoms. The van der Waals surface area contributed by atoms with Crippen LogP contribution >= 0.6 is 0 Å². The molecule has 1 nitrogen and oxygen atoms in total. The van der Waals surface area contributed by atoms with Crippen molar-refractivity contribution >= 4 is 0 Å². The van der Waals surface area contributed by atoms with E-state index in [1.807, 2.05) is 0 Å². The van der Waals surface area contributed by atoms with E-state index in [2.05, 4.69) is 63.5 Å². The second kappa shape index (κ2) is 5.20. The lowest BCUT2D eigenvalue weighted by Crippen LogP contribution is -2.11. The van der Waals surface area contributed by atoms with Crippen LogP contribution in [-0.4, -0.2) is 6.54 Å². The van der Waals surface area contributed by atoms with E-state index in [0.29, 0.717) is 5.92 Å². The molecule has 1 aliphatic heterocycles. The van der Waals surface area contributed by atoms with Crippen molar-refractivity contribution in [2.45, 2.75) is 34.1 Å². The topological polar surface area (TPSA) is 12.0 Å². The van der Waals surface area contributed by atoms with E-state index in [1.165, 1.54) is 5.57 Å². The zero-order chi connectivity index (χ0) is 11.3. The van der Waals surface area contributed by atoms with Crippen molar-refractivity contribution in [2.24, 2.45) is 11.3 Å². The van der Waals surface area contributed by atoms with Gasteiger partial charge in [-0.3, -0.25) is 0 Å². The van der Waals surface area contributed by atoms with E-state index in [4.69, 9.17) is 0 Å². The fourth-order valence-electron chi connectivity index (χ4n) is 1.62. The zero-order valence-corrected chi connectivity index (χ0v) is 10.4. The molecular weight excluding hydrogens is 182 g/mol. The van der Waals surface area contributed by atoms with Crippen LogP contribution in [0.15, 0.2) is 36.1 Å². The first-order valence-corrected chi connectivity index (χ1v) is 5.83. The van der Waals surface area contributed by atoms with Gasteiger partial charge in [0.25, 0.3) is 0 Å². The van der Waals surface area contributed by atoms with Gasteiger partial charge >= 0.3 is 0 Å². The van der Waals surface area contributed by atoms with Gasteiger partial charge in [0.15, 0.2) is 0 Å². The minimum Gasteiger partial charge on any atom is -0.388 e. The largest absolute Gasteiger partial charge is 0.388 e. The van der Waals surface area contributed by atoms with Crippen LogP contribution in [0.3, 0.4) is 0 Å². The number of hydrogen-bond acceptors (Lipinski definition) is 1. The Kier molecular flexibility index (Phi) is 4.19. The third-order valence-electron chi connectivity index (χ3n) is 2.76. The van der Waals surface area contributed by atoms with Gasteiger partial charge in [0.2, 0.25) is 0 Å². The monoisotopic (exact) mass is 205 g/mol. The predicted octanol–water partition coefficient (Wildman–Crippen LogP) is 3.66. The molecule has 0 aromatic rings. The normalized spacial score (nSPS) is 28.0. The quantitative estimate of drug-likeness (QED) is 0.689. The molecule has 1 rings (SSSR count). The summed E-state index contributed by atoms with van der Waals surface area (Å²) in [6.45, 7) is 9.92. The lowest BCUT2D eigenvalue weighted by molar-refractivity contribution is 0.514. The third kappa shape index (κ3) is 3.94. The highest BCUT2D eigenvalue weighted by Gasteiger charge is 2.14. The second-order valence-electron chi connectivity index (χ2n) is 5.11. The lowest BCUT2D eigenvalue weighted by atomic mass is 9.85. The molecule has 84 valence electrons. The Morgan fingerprint density at radius 1 is 1.33 bits per heavy atom. The highest BCUT2D eigenvalue weighted by molar-refractivity contribution is 5.27. The fourth-order valence-corrected chi connectivity index (χ4v) is 1.62. The highest BCUT2D eigenvalue weighted by atomic mass is 14.8. The van der Waals surface area contributed by atoms with Gasteiger partial charge < -0.3 is 5.32 Å². The summed E-state index contributed by atoms with van der Waals surface area (Å²) in [7, 11) is 0. The summed E-state index contributed by atoms with van der Waals surface area (Å²) in [4.78, 5) is 0. The average molecular weight is 205 g/mol. The first kappa shape index (κ1) is 12.1.